The fourth-order valence-corrected chi connectivity index (χ4v) is 2.03. The number of carbonyl (C=O) groups is 1. The lowest BCUT2D eigenvalue weighted by atomic mass is 10.1. The molecule has 0 spiro atoms. The molecule has 0 aliphatic carbocycles. The first-order valence-electron chi connectivity index (χ1n) is 8.50. The first-order valence-corrected chi connectivity index (χ1v) is 8.50. The Labute approximate surface area is 144 Å². The zero-order valence-electron chi connectivity index (χ0n) is 14.2. The largest absolute Gasteiger partial charge is 0.550 e. The summed E-state index contributed by atoms with van der Waals surface area (Å²) in [6, 6.07) is 0. The highest BCUT2D eigenvalue weighted by molar-refractivity contribution is 5.64. The van der Waals surface area contributed by atoms with Crippen molar-refractivity contribution in [3.63, 3.8) is 0 Å². The molecule has 132 valence electrons. The molecule has 0 saturated carbocycles. The molecule has 1 N–H and O–H groups in total. The Morgan fingerprint density at radius 2 is 1.88 bits per heavy atom. The molecule has 4 heteroatoms. The van der Waals surface area contributed by atoms with E-state index in [1.54, 1.807) is 6.08 Å². The van der Waals surface area contributed by atoms with E-state index < -0.39 is 5.97 Å². The third-order valence-corrected chi connectivity index (χ3v) is 3.53. The number of carboxylic acid groups (broad SMARTS) is 1. The van der Waals surface area contributed by atoms with Gasteiger partial charge in [0.15, 0.2) is 0 Å². The van der Waals surface area contributed by atoms with Gasteiger partial charge in [0.1, 0.15) is 6.10 Å². The summed E-state index contributed by atoms with van der Waals surface area (Å²) >= 11 is 0. The molecule has 0 unspecified atom stereocenters. The van der Waals surface area contributed by atoms with E-state index in [1.165, 1.54) is 0 Å². The van der Waals surface area contributed by atoms with Crippen molar-refractivity contribution in [3.8, 4) is 0 Å². The van der Waals surface area contributed by atoms with Gasteiger partial charge in [0, 0.05) is 5.97 Å². The highest BCUT2D eigenvalue weighted by Gasteiger charge is 2.35. The third kappa shape index (κ3) is 10.8. The van der Waals surface area contributed by atoms with Crippen LogP contribution in [0.5, 0.6) is 0 Å². The molecule has 1 rings (SSSR count). The van der Waals surface area contributed by atoms with Crippen molar-refractivity contribution in [1.82, 2.24) is 0 Å². The van der Waals surface area contributed by atoms with E-state index >= 15 is 0 Å². The summed E-state index contributed by atoms with van der Waals surface area (Å²) in [5.74, 6) is -0.998. The van der Waals surface area contributed by atoms with Crippen LogP contribution in [-0.4, -0.2) is 29.4 Å². The number of hydrogen-bond donors (Lipinski definition) is 1. The van der Waals surface area contributed by atoms with Gasteiger partial charge in [-0.25, -0.2) is 0 Å². The van der Waals surface area contributed by atoms with Crippen LogP contribution in [0.4, 0.5) is 0 Å². The molecule has 24 heavy (non-hydrogen) atoms. The average molecular weight is 331 g/mol. The van der Waals surface area contributed by atoms with Gasteiger partial charge < -0.3 is 19.7 Å². The number of carbonyl (C=O) groups excluding carboxylic acids is 1. The summed E-state index contributed by atoms with van der Waals surface area (Å²) in [5, 5.41) is 19.6. The molecule has 0 amide bonds. The number of ether oxygens (including phenoxy) is 1. The summed E-state index contributed by atoms with van der Waals surface area (Å²) in [6.45, 7) is 1.94. The zero-order valence-corrected chi connectivity index (χ0v) is 14.2. The van der Waals surface area contributed by atoms with Crippen molar-refractivity contribution in [2.24, 2.45) is 0 Å². The number of hydrogen-bond acceptors (Lipinski definition) is 4. The van der Waals surface area contributed by atoms with Crippen LogP contribution in [-0.2, 0) is 9.53 Å². The van der Waals surface area contributed by atoms with Crippen molar-refractivity contribution < 1.29 is 19.7 Å². The molecule has 0 aromatic carbocycles. The van der Waals surface area contributed by atoms with Crippen molar-refractivity contribution in [1.29, 1.82) is 0 Å². The number of carboxylic acids is 1. The minimum absolute atomic E-state index is 0.102. The third-order valence-electron chi connectivity index (χ3n) is 3.53. The SMILES string of the molecule is CC[C@@H](O)/C=C/C=C\C\C=C/C=C/C=C/[C@@H]1O[C@H]1CCCC(=O)[O-]. The molecule has 1 aliphatic rings. The van der Waals surface area contributed by atoms with Crippen LogP contribution in [0, 0.1) is 0 Å². The van der Waals surface area contributed by atoms with Crippen LogP contribution in [0.25, 0.3) is 0 Å². The standard InChI is InChI=1S/C20H28O4/c1-2-17(21)13-10-8-6-4-3-5-7-9-11-14-18-19(24-18)15-12-16-20(22)23/h3,5-11,13-14,17-19,21H,2,4,12,15-16H2,1H3,(H,22,23)/p-1/b5-3-,8-6-,9-7+,13-10+,14-11+/t17-,18+,19+/m1/s1. The number of aliphatic hydroxyl groups is 1. The average Bonchev–Trinajstić information content (AvgIpc) is 3.30. The second-order valence-electron chi connectivity index (χ2n) is 5.63. The molecule has 1 heterocycles. The van der Waals surface area contributed by atoms with Crippen molar-refractivity contribution >= 4 is 5.97 Å². The summed E-state index contributed by atoms with van der Waals surface area (Å²) in [6.07, 6.45) is 22.4. The Morgan fingerprint density at radius 1 is 1.17 bits per heavy atom. The quantitative estimate of drug-likeness (QED) is 0.441. The normalized spacial score (nSPS) is 22.6. The monoisotopic (exact) mass is 331 g/mol. The molecule has 0 radical (unpaired) electrons. The van der Waals surface area contributed by atoms with Gasteiger partial charge in [-0.2, -0.15) is 0 Å². The van der Waals surface area contributed by atoms with Crippen LogP contribution in [0.2, 0.25) is 0 Å². The number of aliphatic hydroxyl groups excluding tert-OH is 1. The highest BCUT2D eigenvalue weighted by Crippen LogP contribution is 2.28. The Balaban J connectivity index is 2.06. The van der Waals surface area contributed by atoms with Crippen LogP contribution < -0.4 is 5.11 Å². The topological polar surface area (TPSA) is 72.9 Å². The molecule has 3 atom stereocenters. The van der Waals surface area contributed by atoms with Gasteiger partial charge in [0.2, 0.25) is 0 Å². The molecular formula is C20H27O4-. The summed E-state index contributed by atoms with van der Waals surface area (Å²) in [4.78, 5) is 10.3. The van der Waals surface area contributed by atoms with Gasteiger partial charge >= 0.3 is 0 Å². The lowest BCUT2D eigenvalue weighted by Gasteiger charge is -1.98. The van der Waals surface area contributed by atoms with Gasteiger partial charge in [-0.3, -0.25) is 0 Å². The number of epoxide rings is 1. The summed E-state index contributed by atoms with van der Waals surface area (Å²) < 4.78 is 5.42. The smallest absolute Gasteiger partial charge is 0.103 e. The Hall–Kier alpha value is -1.91. The van der Waals surface area contributed by atoms with Crippen LogP contribution >= 0.6 is 0 Å². The van der Waals surface area contributed by atoms with Crippen LogP contribution in [0.1, 0.15) is 39.0 Å². The molecule has 0 bridgehead atoms. The predicted octanol–water partition coefficient (Wildman–Crippen LogP) is 2.62. The van der Waals surface area contributed by atoms with E-state index in [9.17, 15) is 15.0 Å². The molecule has 0 aromatic rings. The lowest BCUT2D eigenvalue weighted by molar-refractivity contribution is -0.305. The fourth-order valence-electron chi connectivity index (χ4n) is 2.03. The van der Waals surface area contributed by atoms with E-state index in [1.807, 2.05) is 61.6 Å². The van der Waals surface area contributed by atoms with E-state index in [0.29, 0.717) is 6.42 Å². The molecular weight excluding hydrogens is 304 g/mol. The van der Waals surface area contributed by atoms with Gasteiger partial charge in [-0.05, 0) is 32.1 Å². The number of rotatable bonds is 12. The maximum absolute atomic E-state index is 10.3. The Bertz CT molecular complexity index is 500. The number of aliphatic carboxylic acids is 1. The molecule has 0 aromatic heterocycles. The molecule has 1 saturated heterocycles. The fraction of sp³-hybridized carbons (Fsp3) is 0.450. The minimum Gasteiger partial charge on any atom is -0.550 e. The number of allylic oxidation sites excluding steroid dienone is 8. The first-order chi connectivity index (χ1) is 11.6. The summed E-state index contributed by atoms with van der Waals surface area (Å²) in [5.41, 5.74) is 0. The predicted molar refractivity (Wildman–Crippen MR) is 94.1 cm³/mol. The molecule has 1 fully saturated rings. The Kier molecular flexibility index (Phi) is 10.5. The lowest BCUT2D eigenvalue weighted by Crippen LogP contribution is -2.21. The molecule has 4 nitrogen and oxygen atoms in total. The minimum atomic E-state index is -0.998. The van der Waals surface area contributed by atoms with E-state index in [4.69, 9.17) is 4.74 Å². The maximum atomic E-state index is 10.3. The van der Waals surface area contributed by atoms with E-state index in [2.05, 4.69) is 0 Å². The summed E-state index contributed by atoms with van der Waals surface area (Å²) in [7, 11) is 0. The van der Waals surface area contributed by atoms with Crippen LogP contribution in [0.15, 0.2) is 60.8 Å². The van der Waals surface area contributed by atoms with Gasteiger partial charge in [-0.1, -0.05) is 67.7 Å². The van der Waals surface area contributed by atoms with Crippen LogP contribution in [0.3, 0.4) is 0 Å². The maximum Gasteiger partial charge on any atom is 0.103 e. The Morgan fingerprint density at radius 3 is 2.58 bits per heavy atom. The van der Waals surface area contributed by atoms with E-state index in [0.717, 1.165) is 19.3 Å². The van der Waals surface area contributed by atoms with Crippen molar-refractivity contribution in [2.45, 2.75) is 57.3 Å². The van der Waals surface area contributed by atoms with Gasteiger partial charge in [-0.15, -0.1) is 0 Å². The zero-order chi connectivity index (χ0) is 17.6. The second kappa shape index (κ2) is 12.5. The van der Waals surface area contributed by atoms with Gasteiger partial charge in [0.05, 0.1) is 12.2 Å². The van der Waals surface area contributed by atoms with Gasteiger partial charge in [0.25, 0.3) is 0 Å². The van der Waals surface area contributed by atoms with Crippen molar-refractivity contribution in [2.75, 3.05) is 0 Å². The second-order valence-corrected chi connectivity index (χ2v) is 5.63. The van der Waals surface area contributed by atoms with Crippen molar-refractivity contribution in [3.05, 3.63) is 60.8 Å². The highest BCUT2D eigenvalue weighted by atomic mass is 16.6. The first kappa shape index (κ1) is 20.1. The van der Waals surface area contributed by atoms with E-state index in [-0.39, 0.29) is 24.7 Å². The molecule has 1 aliphatic heterocycles.